The Balaban J connectivity index is 1.51. The molecule has 1 amide bonds. The minimum Gasteiger partial charge on any atom is -0.496 e. The zero-order chi connectivity index (χ0) is 19.2. The second-order valence-electron chi connectivity index (χ2n) is 6.00. The van der Waals surface area contributed by atoms with Gasteiger partial charge in [0.15, 0.2) is 5.82 Å². The minimum absolute atomic E-state index is 0.180. The van der Waals surface area contributed by atoms with Crippen molar-refractivity contribution in [3.63, 3.8) is 0 Å². The molecule has 8 heteroatoms. The van der Waals surface area contributed by atoms with Gasteiger partial charge in [0.05, 0.1) is 18.4 Å². The number of methoxy groups -OCH3 is 1. The van der Waals surface area contributed by atoms with Gasteiger partial charge in [0.1, 0.15) is 11.6 Å². The molecule has 0 saturated heterocycles. The van der Waals surface area contributed by atoms with Gasteiger partial charge in [-0.15, -0.1) is 10.2 Å². The fraction of sp³-hybridized carbons (Fsp3) is 0.263. The average molecular weight is 366 g/mol. The van der Waals surface area contributed by atoms with E-state index in [0.29, 0.717) is 36.0 Å². The highest BCUT2D eigenvalue weighted by atomic mass is 16.5. The molecule has 0 atom stereocenters. The van der Waals surface area contributed by atoms with E-state index in [-0.39, 0.29) is 5.91 Å². The summed E-state index contributed by atoms with van der Waals surface area (Å²) in [5, 5.41) is 18.7. The normalized spacial score (nSPS) is 10.5. The molecule has 0 saturated carbocycles. The quantitative estimate of drug-likeness (QED) is 0.622. The number of benzene rings is 1. The minimum atomic E-state index is -0.180. The van der Waals surface area contributed by atoms with E-state index in [4.69, 9.17) is 4.74 Å². The number of rotatable bonds is 7. The third-order valence-corrected chi connectivity index (χ3v) is 3.95. The van der Waals surface area contributed by atoms with Crippen molar-refractivity contribution >= 4 is 11.7 Å². The van der Waals surface area contributed by atoms with Gasteiger partial charge in [-0.1, -0.05) is 12.1 Å². The Morgan fingerprint density at radius 1 is 1.11 bits per heavy atom. The number of amides is 1. The van der Waals surface area contributed by atoms with Crippen molar-refractivity contribution in [3.05, 3.63) is 59.4 Å². The molecule has 27 heavy (non-hydrogen) atoms. The monoisotopic (exact) mass is 366 g/mol. The molecule has 0 bridgehead atoms. The van der Waals surface area contributed by atoms with Crippen LogP contribution < -0.4 is 15.4 Å². The molecule has 0 fully saturated rings. The number of carbonyl (C=O) groups is 1. The Hall–Kier alpha value is -3.42. The lowest BCUT2D eigenvalue weighted by Gasteiger charge is -2.10. The highest BCUT2D eigenvalue weighted by molar-refractivity contribution is 5.96. The van der Waals surface area contributed by atoms with Gasteiger partial charge in [0.2, 0.25) is 0 Å². The summed E-state index contributed by atoms with van der Waals surface area (Å²) in [6.45, 7) is 4.87. The first-order valence-corrected chi connectivity index (χ1v) is 8.61. The Labute approximate surface area is 157 Å². The first-order chi connectivity index (χ1) is 13.1. The summed E-state index contributed by atoms with van der Waals surface area (Å²) < 4.78 is 6.95. The first-order valence-electron chi connectivity index (χ1n) is 8.61. The summed E-state index contributed by atoms with van der Waals surface area (Å²) in [6.07, 6.45) is 0. The highest BCUT2D eigenvalue weighted by Crippen LogP contribution is 2.16. The van der Waals surface area contributed by atoms with E-state index in [1.807, 2.05) is 38.1 Å². The number of nitrogens with one attached hydrogen (secondary N) is 2. The van der Waals surface area contributed by atoms with Crippen LogP contribution in [0, 0.1) is 13.8 Å². The molecule has 0 aliphatic rings. The van der Waals surface area contributed by atoms with E-state index in [1.165, 1.54) is 0 Å². The standard InChI is InChI=1S/C19H22N6O2/c1-13-12-14(2)25(24-13)18-9-8-17(22-23-18)20-10-11-21-19(26)15-6-4-5-7-16(15)27-3/h4-9,12H,10-11H2,1-3H3,(H,20,22)(H,21,26). The average Bonchev–Trinajstić information content (AvgIpc) is 3.03. The van der Waals surface area contributed by atoms with Crippen LogP contribution in [0.5, 0.6) is 5.75 Å². The molecule has 1 aromatic carbocycles. The molecule has 2 aromatic heterocycles. The highest BCUT2D eigenvalue weighted by Gasteiger charge is 2.10. The van der Waals surface area contributed by atoms with Gasteiger partial charge in [-0.3, -0.25) is 4.79 Å². The number of aryl methyl sites for hydroxylation is 2. The zero-order valence-corrected chi connectivity index (χ0v) is 15.6. The van der Waals surface area contributed by atoms with Gasteiger partial charge >= 0.3 is 0 Å². The molecule has 0 aliphatic heterocycles. The van der Waals surface area contributed by atoms with Crippen LogP contribution in [0.25, 0.3) is 5.82 Å². The smallest absolute Gasteiger partial charge is 0.255 e. The Bertz CT molecular complexity index is 920. The van der Waals surface area contributed by atoms with Crippen molar-refractivity contribution in [2.75, 3.05) is 25.5 Å². The largest absolute Gasteiger partial charge is 0.496 e. The number of hydrogen-bond donors (Lipinski definition) is 2. The molecule has 3 rings (SSSR count). The summed E-state index contributed by atoms with van der Waals surface area (Å²) in [6, 6.07) is 12.8. The number of hydrogen-bond acceptors (Lipinski definition) is 6. The van der Waals surface area contributed by atoms with Gasteiger partial charge in [0, 0.05) is 18.8 Å². The lowest BCUT2D eigenvalue weighted by atomic mass is 10.2. The van der Waals surface area contributed by atoms with Crippen LogP contribution in [0.3, 0.4) is 0 Å². The molecule has 140 valence electrons. The van der Waals surface area contributed by atoms with E-state index in [1.54, 1.807) is 30.0 Å². The summed E-state index contributed by atoms with van der Waals surface area (Å²) in [5.41, 5.74) is 2.44. The third-order valence-electron chi connectivity index (χ3n) is 3.95. The van der Waals surface area contributed by atoms with E-state index in [0.717, 1.165) is 11.4 Å². The summed E-state index contributed by atoms with van der Waals surface area (Å²) >= 11 is 0. The molecule has 0 spiro atoms. The van der Waals surface area contributed by atoms with Gasteiger partial charge in [-0.05, 0) is 44.2 Å². The summed E-state index contributed by atoms with van der Waals surface area (Å²) in [4.78, 5) is 12.2. The number of nitrogens with zero attached hydrogens (tertiary/aromatic N) is 4. The number of aromatic nitrogens is 4. The van der Waals surface area contributed by atoms with Crippen molar-refractivity contribution in [2.24, 2.45) is 0 Å². The molecular weight excluding hydrogens is 344 g/mol. The van der Waals surface area contributed by atoms with Crippen LogP contribution in [0.1, 0.15) is 21.7 Å². The maximum absolute atomic E-state index is 12.2. The SMILES string of the molecule is COc1ccccc1C(=O)NCCNc1ccc(-n2nc(C)cc2C)nn1. The van der Waals surface area contributed by atoms with Crippen molar-refractivity contribution in [3.8, 4) is 11.6 Å². The molecule has 0 radical (unpaired) electrons. The number of anilines is 1. The Kier molecular flexibility index (Phi) is 5.65. The predicted molar refractivity (Wildman–Crippen MR) is 102 cm³/mol. The molecule has 2 heterocycles. The fourth-order valence-electron chi connectivity index (χ4n) is 2.69. The molecule has 0 aliphatic carbocycles. The van der Waals surface area contributed by atoms with E-state index >= 15 is 0 Å². The summed E-state index contributed by atoms with van der Waals surface area (Å²) in [7, 11) is 1.54. The lowest BCUT2D eigenvalue weighted by Crippen LogP contribution is -2.29. The molecule has 8 nitrogen and oxygen atoms in total. The van der Waals surface area contributed by atoms with Crippen LogP contribution in [0.15, 0.2) is 42.5 Å². The third kappa shape index (κ3) is 4.41. The molecular formula is C19H22N6O2. The summed E-state index contributed by atoms with van der Waals surface area (Å²) in [5.74, 6) is 1.66. The molecule has 0 unspecified atom stereocenters. The van der Waals surface area contributed by atoms with Crippen molar-refractivity contribution < 1.29 is 9.53 Å². The second-order valence-corrected chi connectivity index (χ2v) is 6.00. The fourth-order valence-corrected chi connectivity index (χ4v) is 2.69. The van der Waals surface area contributed by atoms with Crippen LogP contribution in [0.2, 0.25) is 0 Å². The maximum Gasteiger partial charge on any atom is 0.255 e. The van der Waals surface area contributed by atoms with Crippen molar-refractivity contribution in [2.45, 2.75) is 13.8 Å². The van der Waals surface area contributed by atoms with Gasteiger partial charge in [0.25, 0.3) is 5.91 Å². The van der Waals surface area contributed by atoms with Crippen molar-refractivity contribution in [1.82, 2.24) is 25.3 Å². The van der Waals surface area contributed by atoms with Crippen LogP contribution in [0.4, 0.5) is 5.82 Å². The van der Waals surface area contributed by atoms with E-state index in [9.17, 15) is 4.79 Å². The topological polar surface area (TPSA) is 94.0 Å². The second kappa shape index (κ2) is 8.31. The van der Waals surface area contributed by atoms with Gasteiger partial charge < -0.3 is 15.4 Å². The number of carbonyl (C=O) groups excluding carboxylic acids is 1. The van der Waals surface area contributed by atoms with Crippen LogP contribution >= 0.6 is 0 Å². The van der Waals surface area contributed by atoms with Crippen molar-refractivity contribution in [1.29, 1.82) is 0 Å². The first kappa shape index (κ1) is 18.4. The van der Waals surface area contributed by atoms with Gasteiger partial charge in [-0.25, -0.2) is 4.68 Å². The van der Waals surface area contributed by atoms with E-state index in [2.05, 4.69) is 25.9 Å². The van der Waals surface area contributed by atoms with Crippen LogP contribution in [-0.2, 0) is 0 Å². The Morgan fingerprint density at radius 3 is 2.59 bits per heavy atom. The molecule has 2 N–H and O–H groups in total. The van der Waals surface area contributed by atoms with E-state index < -0.39 is 0 Å². The molecule has 3 aromatic rings. The number of para-hydroxylation sites is 1. The zero-order valence-electron chi connectivity index (χ0n) is 15.6. The Morgan fingerprint density at radius 2 is 1.93 bits per heavy atom. The van der Waals surface area contributed by atoms with Gasteiger partial charge in [-0.2, -0.15) is 5.10 Å². The lowest BCUT2D eigenvalue weighted by molar-refractivity contribution is 0.0952. The predicted octanol–water partition coefficient (Wildman–Crippen LogP) is 2.13. The maximum atomic E-state index is 12.2. The van der Waals surface area contributed by atoms with Crippen LogP contribution in [-0.4, -0.2) is 46.1 Å². The number of ether oxygens (including phenoxy) is 1.